The van der Waals surface area contributed by atoms with Crippen molar-refractivity contribution in [3.63, 3.8) is 0 Å². The summed E-state index contributed by atoms with van der Waals surface area (Å²) in [5.41, 5.74) is -0.197. The smallest absolute Gasteiger partial charge is 0.226 e. The molecule has 0 spiro atoms. The monoisotopic (exact) mass is 223 g/mol. The van der Waals surface area contributed by atoms with Crippen molar-refractivity contribution in [1.29, 1.82) is 0 Å². The summed E-state index contributed by atoms with van der Waals surface area (Å²) in [7, 11) is 1.69. The summed E-state index contributed by atoms with van der Waals surface area (Å²) in [4.78, 5) is 13.8. The molecule has 0 aromatic rings. The van der Waals surface area contributed by atoms with Crippen LogP contribution < -0.4 is 0 Å². The van der Waals surface area contributed by atoms with E-state index in [0.29, 0.717) is 13.0 Å². The van der Waals surface area contributed by atoms with Crippen LogP contribution in [0.15, 0.2) is 0 Å². The topological polar surface area (TPSA) is 29.5 Å². The van der Waals surface area contributed by atoms with Gasteiger partial charge in [0.15, 0.2) is 0 Å². The third-order valence-electron chi connectivity index (χ3n) is 3.30. The van der Waals surface area contributed by atoms with Crippen LogP contribution in [0.4, 0.5) is 0 Å². The molecule has 0 N–H and O–H groups in total. The molecule has 0 bridgehead atoms. The Morgan fingerprint density at radius 1 is 1.56 bits per heavy atom. The van der Waals surface area contributed by atoms with Crippen molar-refractivity contribution in [3.05, 3.63) is 0 Å². The lowest BCUT2D eigenvalue weighted by molar-refractivity contribution is -0.143. The van der Waals surface area contributed by atoms with Gasteiger partial charge in [0.25, 0.3) is 0 Å². The van der Waals surface area contributed by atoms with Gasteiger partial charge in [-0.2, -0.15) is 0 Å². The second-order valence-corrected chi connectivity index (χ2v) is 4.44. The molecule has 3 heteroatoms. The fourth-order valence-electron chi connectivity index (χ4n) is 2.08. The molecule has 0 heterocycles. The number of carbonyl (C=O) groups excluding carboxylic acids is 1. The second kappa shape index (κ2) is 5.91. The van der Waals surface area contributed by atoms with Gasteiger partial charge < -0.3 is 9.64 Å². The SMILES string of the molecule is C#CCN(CCC)C(=O)CC1(OC)CCC1. The molecule has 90 valence electrons. The lowest BCUT2D eigenvalue weighted by Gasteiger charge is -2.41. The maximum absolute atomic E-state index is 12.0. The zero-order valence-corrected chi connectivity index (χ0v) is 10.3. The van der Waals surface area contributed by atoms with E-state index >= 15 is 0 Å². The molecule has 1 aliphatic carbocycles. The first-order chi connectivity index (χ1) is 7.67. The van der Waals surface area contributed by atoms with Crippen molar-refractivity contribution in [3.8, 4) is 12.3 Å². The Hall–Kier alpha value is -1.01. The highest BCUT2D eigenvalue weighted by molar-refractivity contribution is 5.77. The van der Waals surface area contributed by atoms with E-state index in [1.165, 1.54) is 0 Å². The van der Waals surface area contributed by atoms with Crippen LogP contribution in [0, 0.1) is 12.3 Å². The molecule has 0 atom stereocenters. The predicted octanol–water partition coefficient (Wildman–Crippen LogP) is 1.82. The number of ether oxygens (including phenoxy) is 1. The quantitative estimate of drug-likeness (QED) is 0.643. The average Bonchev–Trinajstić information content (AvgIpc) is 2.23. The highest BCUT2D eigenvalue weighted by Crippen LogP contribution is 2.38. The Morgan fingerprint density at radius 3 is 2.62 bits per heavy atom. The van der Waals surface area contributed by atoms with Crippen molar-refractivity contribution in [2.45, 2.75) is 44.6 Å². The summed E-state index contributed by atoms with van der Waals surface area (Å²) in [6.07, 6.45) is 9.82. The van der Waals surface area contributed by atoms with Gasteiger partial charge in [0, 0.05) is 13.7 Å². The molecule has 3 nitrogen and oxygen atoms in total. The lowest BCUT2D eigenvalue weighted by Crippen LogP contribution is -2.45. The van der Waals surface area contributed by atoms with Crippen LogP contribution in [0.2, 0.25) is 0 Å². The van der Waals surface area contributed by atoms with Crippen molar-refractivity contribution < 1.29 is 9.53 Å². The van der Waals surface area contributed by atoms with Crippen molar-refractivity contribution in [1.82, 2.24) is 4.90 Å². The van der Waals surface area contributed by atoms with E-state index in [1.807, 2.05) is 6.92 Å². The standard InChI is InChI=1S/C13H21NO2/c1-4-9-14(10-5-2)12(15)11-13(16-3)7-6-8-13/h1H,5-11H2,2-3H3. The molecule has 1 fully saturated rings. The average molecular weight is 223 g/mol. The Morgan fingerprint density at radius 2 is 2.25 bits per heavy atom. The molecule has 1 aliphatic rings. The van der Waals surface area contributed by atoms with Crippen LogP contribution in [0.5, 0.6) is 0 Å². The summed E-state index contributed by atoms with van der Waals surface area (Å²) >= 11 is 0. The van der Waals surface area contributed by atoms with E-state index in [2.05, 4.69) is 5.92 Å². The van der Waals surface area contributed by atoms with Crippen molar-refractivity contribution in [2.75, 3.05) is 20.2 Å². The van der Waals surface area contributed by atoms with E-state index < -0.39 is 0 Å². The molecule has 1 amide bonds. The Bertz CT molecular complexity index is 271. The third kappa shape index (κ3) is 2.99. The normalized spacial score (nSPS) is 17.3. The van der Waals surface area contributed by atoms with Gasteiger partial charge in [-0.3, -0.25) is 4.79 Å². The molecular formula is C13H21NO2. The van der Waals surface area contributed by atoms with Crippen LogP contribution >= 0.6 is 0 Å². The molecule has 0 aromatic heterocycles. The Kier molecular flexibility index (Phi) is 4.82. The van der Waals surface area contributed by atoms with Gasteiger partial charge in [0.1, 0.15) is 0 Å². The highest BCUT2D eigenvalue weighted by Gasteiger charge is 2.39. The fourth-order valence-corrected chi connectivity index (χ4v) is 2.08. The zero-order valence-electron chi connectivity index (χ0n) is 10.3. The number of terminal acetylenes is 1. The minimum absolute atomic E-state index is 0.126. The minimum Gasteiger partial charge on any atom is -0.378 e. The number of hydrogen-bond donors (Lipinski definition) is 0. The first kappa shape index (κ1) is 13.1. The number of methoxy groups -OCH3 is 1. The minimum atomic E-state index is -0.197. The lowest BCUT2D eigenvalue weighted by atomic mass is 9.77. The van der Waals surface area contributed by atoms with Gasteiger partial charge in [-0.05, 0) is 25.7 Å². The Balaban J connectivity index is 2.51. The van der Waals surface area contributed by atoms with Gasteiger partial charge in [0.05, 0.1) is 18.6 Å². The molecule has 0 aliphatic heterocycles. The Labute approximate surface area is 98.1 Å². The van der Waals surface area contributed by atoms with E-state index in [0.717, 1.165) is 32.2 Å². The molecule has 0 saturated heterocycles. The van der Waals surface area contributed by atoms with Gasteiger partial charge in [-0.15, -0.1) is 6.42 Å². The second-order valence-electron chi connectivity index (χ2n) is 4.44. The molecule has 16 heavy (non-hydrogen) atoms. The van der Waals surface area contributed by atoms with Gasteiger partial charge in [-0.1, -0.05) is 12.8 Å². The first-order valence-corrected chi connectivity index (χ1v) is 5.94. The molecule has 1 rings (SSSR count). The molecule has 0 unspecified atom stereocenters. The van der Waals surface area contributed by atoms with E-state index in [-0.39, 0.29) is 11.5 Å². The van der Waals surface area contributed by atoms with Crippen molar-refractivity contribution in [2.24, 2.45) is 0 Å². The largest absolute Gasteiger partial charge is 0.378 e. The highest BCUT2D eigenvalue weighted by atomic mass is 16.5. The molecule has 0 aromatic carbocycles. The first-order valence-electron chi connectivity index (χ1n) is 5.94. The zero-order chi connectivity index (χ0) is 12.0. The van der Waals surface area contributed by atoms with Crippen LogP contribution in [0.1, 0.15) is 39.0 Å². The van der Waals surface area contributed by atoms with Gasteiger partial charge >= 0.3 is 0 Å². The van der Waals surface area contributed by atoms with Crippen LogP contribution in [-0.2, 0) is 9.53 Å². The third-order valence-corrected chi connectivity index (χ3v) is 3.30. The summed E-state index contributed by atoms with van der Waals surface area (Å²) in [6, 6.07) is 0. The molecule has 1 saturated carbocycles. The summed E-state index contributed by atoms with van der Waals surface area (Å²) in [6.45, 7) is 3.20. The van der Waals surface area contributed by atoms with Crippen molar-refractivity contribution >= 4 is 5.91 Å². The summed E-state index contributed by atoms with van der Waals surface area (Å²) in [5, 5.41) is 0. The number of carbonyl (C=O) groups is 1. The van der Waals surface area contributed by atoms with Crippen LogP contribution in [-0.4, -0.2) is 36.6 Å². The number of rotatable bonds is 6. The molecular weight excluding hydrogens is 202 g/mol. The van der Waals surface area contributed by atoms with Crippen LogP contribution in [0.25, 0.3) is 0 Å². The van der Waals surface area contributed by atoms with Gasteiger partial charge in [0.2, 0.25) is 5.91 Å². The number of nitrogens with zero attached hydrogens (tertiary/aromatic N) is 1. The maximum atomic E-state index is 12.0. The fraction of sp³-hybridized carbons (Fsp3) is 0.769. The van der Waals surface area contributed by atoms with Gasteiger partial charge in [-0.25, -0.2) is 0 Å². The van der Waals surface area contributed by atoms with Crippen LogP contribution in [0.3, 0.4) is 0 Å². The van der Waals surface area contributed by atoms with E-state index in [9.17, 15) is 4.79 Å². The van der Waals surface area contributed by atoms with E-state index in [4.69, 9.17) is 11.2 Å². The maximum Gasteiger partial charge on any atom is 0.226 e. The predicted molar refractivity (Wildman–Crippen MR) is 63.9 cm³/mol. The summed E-state index contributed by atoms with van der Waals surface area (Å²) in [5.74, 6) is 2.66. The number of hydrogen-bond acceptors (Lipinski definition) is 2. The summed E-state index contributed by atoms with van der Waals surface area (Å²) < 4.78 is 5.45. The molecule has 0 radical (unpaired) electrons. The number of amides is 1. The van der Waals surface area contributed by atoms with E-state index in [1.54, 1.807) is 12.0 Å².